The molecule has 0 radical (unpaired) electrons. The van der Waals surface area contributed by atoms with Crippen LogP contribution in [0.4, 0.5) is 5.69 Å². The third-order valence-electron chi connectivity index (χ3n) is 5.93. The van der Waals surface area contributed by atoms with Crippen LogP contribution in [0.2, 0.25) is 0 Å². The van der Waals surface area contributed by atoms with Crippen molar-refractivity contribution in [1.29, 1.82) is 0 Å². The van der Waals surface area contributed by atoms with Gasteiger partial charge in [-0.05, 0) is 56.0 Å². The van der Waals surface area contributed by atoms with E-state index in [1.165, 1.54) is 0 Å². The molecule has 170 valence electrons. The van der Waals surface area contributed by atoms with E-state index < -0.39 is 0 Å². The molecule has 2 heterocycles. The highest BCUT2D eigenvalue weighted by atomic mass is 16.5. The number of nitrogens with one attached hydrogen (secondary N) is 1. The Labute approximate surface area is 193 Å². The molecule has 4 rings (SSSR count). The molecule has 1 atom stereocenters. The minimum atomic E-state index is -0.246. The number of methoxy groups -OCH3 is 1. The van der Waals surface area contributed by atoms with Gasteiger partial charge in [0.05, 0.1) is 24.4 Å². The van der Waals surface area contributed by atoms with Gasteiger partial charge in [0.15, 0.2) is 5.82 Å². The van der Waals surface area contributed by atoms with E-state index in [1.807, 2.05) is 59.5 Å². The molecule has 7 heteroatoms. The second-order valence-electron chi connectivity index (χ2n) is 8.14. The van der Waals surface area contributed by atoms with Crippen molar-refractivity contribution in [3.8, 4) is 5.75 Å². The third-order valence-corrected chi connectivity index (χ3v) is 5.93. The number of hydrogen-bond acceptors (Lipinski definition) is 5. The van der Waals surface area contributed by atoms with Crippen LogP contribution in [0.25, 0.3) is 0 Å². The highest BCUT2D eigenvalue weighted by Crippen LogP contribution is 2.31. The third kappa shape index (κ3) is 5.37. The summed E-state index contributed by atoms with van der Waals surface area (Å²) in [7, 11) is 1.64. The number of carbonyl (C=O) groups excluding carboxylic acids is 2. The fraction of sp³-hybridized carbons (Fsp3) is 0.308. The van der Waals surface area contributed by atoms with Gasteiger partial charge in [-0.1, -0.05) is 30.3 Å². The van der Waals surface area contributed by atoms with Crippen LogP contribution in [-0.2, 0) is 11.2 Å². The van der Waals surface area contributed by atoms with E-state index in [1.54, 1.807) is 20.2 Å². The van der Waals surface area contributed by atoms with Crippen LogP contribution in [0.3, 0.4) is 0 Å². The molecular formula is C26H28N4O3. The molecule has 0 spiro atoms. The number of benzene rings is 2. The number of likely N-dealkylation sites (tertiary alicyclic amines) is 1. The van der Waals surface area contributed by atoms with Gasteiger partial charge in [0.25, 0.3) is 5.91 Å². The zero-order valence-electron chi connectivity index (χ0n) is 19.0. The molecule has 1 aliphatic rings. The van der Waals surface area contributed by atoms with E-state index in [2.05, 4.69) is 15.3 Å². The number of aryl methyl sites for hydroxylation is 2. The number of anilines is 1. The van der Waals surface area contributed by atoms with Crippen LogP contribution in [0.5, 0.6) is 5.75 Å². The first kappa shape index (κ1) is 22.5. The Bertz CT molecular complexity index is 1120. The van der Waals surface area contributed by atoms with Gasteiger partial charge in [-0.3, -0.25) is 9.59 Å². The molecule has 1 aliphatic heterocycles. The van der Waals surface area contributed by atoms with Crippen molar-refractivity contribution in [1.82, 2.24) is 14.9 Å². The number of para-hydroxylation sites is 1. The van der Waals surface area contributed by atoms with Gasteiger partial charge in [-0.25, -0.2) is 9.97 Å². The second kappa shape index (κ2) is 10.3. The van der Waals surface area contributed by atoms with Gasteiger partial charge in [0.1, 0.15) is 5.75 Å². The standard InChI is InChI=1S/C26H28N4O3/c1-18-22(26(32)29-20-7-4-3-5-8-20)17-27-25(28-18)23-9-6-16-30(23)24(31)15-12-19-10-13-21(33-2)14-11-19/h3-5,7-8,10-11,13-14,17,23H,6,9,12,15-16H2,1-2H3,(H,29,32)/t23-/m0/s1. The first-order valence-corrected chi connectivity index (χ1v) is 11.2. The summed E-state index contributed by atoms with van der Waals surface area (Å²) >= 11 is 0. The van der Waals surface area contributed by atoms with E-state index in [0.717, 1.165) is 29.8 Å². The maximum absolute atomic E-state index is 13.0. The minimum Gasteiger partial charge on any atom is -0.497 e. The van der Waals surface area contributed by atoms with Crippen molar-refractivity contribution in [3.05, 3.63) is 83.4 Å². The zero-order chi connectivity index (χ0) is 23.2. The lowest BCUT2D eigenvalue weighted by molar-refractivity contribution is -0.132. The average molecular weight is 445 g/mol. The van der Waals surface area contributed by atoms with Gasteiger partial charge in [-0.2, -0.15) is 0 Å². The number of aromatic nitrogens is 2. The molecule has 2 aromatic carbocycles. The van der Waals surface area contributed by atoms with Gasteiger partial charge in [0.2, 0.25) is 5.91 Å². The largest absolute Gasteiger partial charge is 0.497 e. The van der Waals surface area contributed by atoms with Crippen molar-refractivity contribution in [3.63, 3.8) is 0 Å². The van der Waals surface area contributed by atoms with Crippen molar-refractivity contribution >= 4 is 17.5 Å². The molecule has 7 nitrogen and oxygen atoms in total. The van der Waals surface area contributed by atoms with Crippen LogP contribution in [0.1, 0.15) is 52.7 Å². The van der Waals surface area contributed by atoms with E-state index in [-0.39, 0.29) is 17.9 Å². The molecule has 3 aromatic rings. The van der Waals surface area contributed by atoms with E-state index in [0.29, 0.717) is 36.5 Å². The Balaban J connectivity index is 1.41. The number of ether oxygens (including phenoxy) is 1. The van der Waals surface area contributed by atoms with Crippen LogP contribution in [0.15, 0.2) is 60.8 Å². The van der Waals surface area contributed by atoms with Crippen LogP contribution in [0, 0.1) is 6.92 Å². The summed E-state index contributed by atoms with van der Waals surface area (Å²) in [6.45, 7) is 2.50. The summed E-state index contributed by atoms with van der Waals surface area (Å²) in [6.07, 6.45) is 4.40. The Morgan fingerprint density at radius 1 is 1.12 bits per heavy atom. The Morgan fingerprint density at radius 3 is 2.58 bits per heavy atom. The van der Waals surface area contributed by atoms with Crippen molar-refractivity contribution < 1.29 is 14.3 Å². The van der Waals surface area contributed by atoms with Crippen LogP contribution in [-0.4, -0.2) is 40.3 Å². The number of rotatable bonds is 7. The van der Waals surface area contributed by atoms with Crippen molar-refractivity contribution in [2.75, 3.05) is 19.0 Å². The SMILES string of the molecule is COc1ccc(CCC(=O)N2CCC[C@H]2c2ncc(C(=O)Nc3ccccc3)c(C)n2)cc1. The van der Waals surface area contributed by atoms with Gasteiger partial charge in [0, 0.05) is 24.8 Å². The summed E-state index contributed by atoms with van der Waals surface area (Å²) in [6, 6.07) is 16.9. The van der Waals surface area contributed by atoms with Crippen molar-refractivity contribution in [2.45, 2.75) is 38.6 Å². The summed E-state index contributed by atoms with van der Waals surface area (Å²) < 4.78 is 5.19. The van der Waals surface area contributed by atoms with Crippen LogP contribution < -0.4 is 10.1 Å². The molecule has 0 aliphatic carbocycles. The first-order valence-electron chi connectivity index (χ1n) is 11.2. The second-order valence-corrected chi connectivity index (χ2v) is 8.14. The molecule has 0 bridgehead atoms. The molecule has 1 N–H and O–H groups in total. The van der Waals surface area contributed by atoms with E-state index in [4.69, 9.17) is 4.74 Å². The van der Waals surface area contributed by atoms with Gasteiger partial charge < -0.3 is 15.0 Å². The maximum Gasteiger partial charge on any atom is 0.259 e. The quantitative estimate of drug-likeness (QED) is 0.586. The molecule has 0 saturated carbocycles. The van der Waals surface area contributed by atoms with Crippen molar-refractivity contribution in [2.24, 2.45) is 0 Å². The summed E-state index contributed by atoms with van der Waals surface area (Å²) in [5, 5.41) is 2.86. The lowest BCUT2D eigenvalue weighted by atomic mass is 10.1. The summed E-state index contributed by atoms with van der Waals surface area (Å²) in [4.78, 5) is 36.6. The smallest absolute Gasteiger partial charge is 0.259 e. The number of carbonyl (C=O) groups is 2. The number of nitrogens with zero attached hydrogens (tertiary/aromatic N) is 3. The molecule has 0 unspecified atom stereocenters. The Morgan fingerprint density at radius 2 is 1.88 bits per heavy atom. The molecule has 1 fully saturated rings. The van der Waals surface area contributed by atoms with Gasteiger partial charge >= 0.3 is 0 Å². The summed E-state index contributed by atoms with van der Waals surface area (Å²) in [5.41, 5.74) is 2.85. The topological polar surface area (TPSA) is 84.4 Å². The highest BCUT2D eigenvalue weighted by molar-refractivity contribution is 6.04. The fourth-order valence-corrected chi connectivity index (χ4v) is 4.11. The molecule has 2 amide bonds. The highest BCUT2D eigenvalue weighted by Gasteiger charge is 2.32. The summed E-state index contributed by atoms with van der Waals surface area (Å²) in [5.74, 6) is 1.25. The average Bonchev–Trinajstić information content (AvgIpc) is 3.33. The normalized spacial score (nSPS) is 15.3. The molecule has 1 saturated heterocycles. The first-order chi connectivity index (χ1) is 16.0. The number of hydrogen-bond donors (Lipinski definition) is 1. The molecular weight excluding hydrogens is 416 g/mol. The predicted octanol–water partition coefficient (Wildman–Crippen LogP) is 4.34. The zero-order valence-corrected chi connectivity index (χ0v) is 19.0. The Kier molecular flexibility index (Phi) is 6.98. The number of amides is 2. The lowest BCUT2D eigenvalue weighted by Gasteiger charge is -2.24. The van der Waals surface area contributed by atoms with Gasteiger partial charge in [-0.15, -0.1) is 0 Å². The predicted molar refractivity (Wildman–Crippen MR) is 126 cm³/mol. The minimum absolute atomic E-state index is 0.0977. The molecule has 33 heavy (non-hydrogen) atoms. The lowest BCUT2D eigenvalue weighted by Crippen LogP contribution is -2.32. The van der Waals surface area contributed by atoms with E-state index in [9.17, 15) is 9.59 Å². The Hall–Kier alpha value is -3.74. The van der Waals surface area contributed by atoms with E-state index >= 15 is 0 Å². The van der Waals surface area contributed by atoms with Crippen LogP contribution >= 0.6 is 0 Å². The maximum atomic E-state index is 13.0. The monoisotopic (exact) mass is 444 g/mol. The fourth-order valence-electron chi connectivity index (χ4n) is 4.11. The molecule has 1 aromatic heterocycles.